The minimum atomic E-state index is -0.825. The highest BCUT2D eigenvalue weighted by atomic mass is 35.5. The Hall–Kier alpha value is -1.95. The molecule has 1 atom stereocenters. The summed E-state index contributed by atoms with van der Waals surface area (Å²) >= 11 is 5.93. The van der Waals surface area contributed by atoms with Gasteiger partial charge in [-0.15, -0.1) is 0 Å². The molecule has 2 aromatic carbocycles. The molecule has 1 unspecified atom stereocenters. The third-order valence-electron chi connectivity index (χ3n) is 5.57. The fourth-order valence-corrected chi connectivity index (χ4v) is 4.36. The van der Waals surface area contributed by atoms with Crippen LogP contribution < -0.4 is 4.90 Å². The second-order valence-corrected chi connectivity index (χ2v) is 7.96. The van der Waals surface area contributed by atoms with E-state index < -0.39 is 11.4 Å². The summed E-state index contributed by atoms with van der Waals surface area (Å²) in [6.07, 6.45) is 2.63. The molecule has 0 N–H and O–H groups in total. The maximum atomic E-state index is 13.5. The second kappa shape index (κ2) is 8.19. The predicted octanol–water partition coefficient (Wildman–Crippen LogP) is 4.27. The maximum absolute atomic E-state index is 13.5. The first kappa shape index (κ1) is 19.4. The average molecular weight is 403 g/mol. The van der Waals surface area contributed by atoms with E-state index in [-0.39, 0.29) is 10.9 Å². The second-order valence-electron chi connectivity index (χ2n) is 7.55. The summed E-state index contributed by atoms with van der Waals surface area (Å²) in [6, 6.07) is 14.6. The number of nitrogens with zero attached hydrogens (tertiary/aromatic N) is 2. The Bertz CT molecular complexity index is 848. The quantitative estimate of drug-likeness (QED) is 0.768. The summed E-state index contributed by atoms with van der Waals surface area (Å²) in [6.45, 7) is 3.09. The van der Waals surface area contributed by atoms with Crippen LogP contribution in [-0.4, -0.2) is 42.6 Å². The Balaban J connectivity index is 1.55. The van der Waals surface area contributed by atoms with Crippen molar-refractivity contribution in [2.75, 3.05) is 31.1 Å². The number of anilines is 1. The van der Waals surface area contributed by atoms with Gasteiger partial charge in [-0.3, -0.25) is 9.69 Å². The van der Waals surface area contributed by atoms with E-state index in [1.165, 1.54) is 6.07 Å². The lowest BCUT2D eigenvalue weighted by Gasteiger charge is -2.42. The maximum Gasteiger partial charge on any atom is 0.260 e. The Morgan fingerprint density at radius 1 is 1.11 bits per heavy atom. The summed E-state index contributed by atoms with van der Waals surface area (Å²) in [5, 5.41) is 0.126. The third-order valence-corrected chi connectivity index (χ3v) is 5.86. The standard InChI is InChI=1S/C22H24ClFN2O2/c23-19-14-17(8-9-20(19)24)15-25-12-13-28-22(16-25)10-4-5-11-26(21(22)27)18-6-2-1-3-7-18/h1-3,6-9,14H,4-5,10-13,15-16H2. The molecule has 0 bridgehead atoms. The van der Waals surface area contributed by atoms with Gasteiger partial charge in [0.2, 0.25) is 0 Å². The zero-order chi connectivity index (χ0) is 19.6. The highest BCUT2D eigenvalue weighted by Crippen LogP contribution is 2.33. The first-order valence-corrected chi connectivity index (χ1v) is 10.1. The van der Waals surface area contributed by atoms with E-state index in [2.05, 4.69) is 4.90 Å². The number of hydrogen-bond donors (Lipinski definition) is 0. The summed E-state index contributed by atoms with van der Waals surface area (Å²) in [5.41, 5.74) is 1.03. The van der Waals surface area contributed by atoms with Crippen molar-refractivity contribution < 1.29 is 13.9 Å². The first-order valence-electron chi connectivity index (χ1n) is 9.75. The molecule has 4 rings (SSSR count). The molecule has 2 aliphatic heterocycles. The number of morpholine rings is 1. The van der Waals surface area contributed by atoms with E-state index in [0.29, 0.717) is 26.2 Å². The lowest BCUT2D eigenvalue weighted by atomic mass is 9.93. The summed E-state index contributed by atoms with van der Waals surface area (Å²) < 4.78 is 19.6. The van der Waals surface area contributed by atoms with Crippen LogP contribution >= 0.6 is 11.6 Å². The minimum absolute atomic E-state index is 0.0399. The van der Waals surface area contributed by atoms with Crippen LogP contribution in [0.15, 0.2) is 48.5 Å². The van der Waals surface area contributed by atoms with Gasteiger partial charge in [-0.2, -0.15) is 0 Å². The number of benzene rings is 2. The third kappa shape index (κ3) is 3.93. The highest BCUT2D eigenvalue weighted by Gasteiger charge is 2.47. The van der Waals surface area contributed by atoms with Crippen molar-refractivity contribution in [3.63, 3.8) is 0 Å². The van der Waals surface area contributed by atoms with E-state index in [0.717, 1.165) is 37.1 Å². The van der Waals surface area contributed by atoms with Gasteiger partial charge in [0.05, 0.1) is 11.6 Å². The minimum Gasteiger partial charge on any atom is -0.362 e. The lowest BCUT2D eigenvalue weighted by Crippen LogP contribution is -2.59. The molecule has 2 saturated heterocycles. The molecule has 1 spiro atoms. The van der Waals surface area contributed by atoms with E-state index >= 15 is 0 Å². The van der Waals surface area contributed by atoms with Crippen LogP contribution in [-0.2, 0) is 16.1 Å². The van der Waals surface area contributed by atoms with Crippen LogP contribution in [0.2, 0.25) is 5.02 Å². The zero-order valence-electron chi connectivity index (χ0n) is 15.7. The van der Waals surface area contributed by atoms with E-state index in [1.54, 1.807) is 12.1 Å². The summed E-state index contributed by atoms with van der Waals surface area (Å²) in [4.78, 5) is 17.6. The normalized spacial score (nSPS) is 23.8. The van der Waals surface area contributed by atoms with Crippen molar-refractivity contribution >= 4 is 23.2 Å². The Morgan fingerprint density at radius 2 is 1.93 bits per heavy atom. The molecule has 0 aliphatic carbocycles. The van der Waals surface area contributed by atoms with Crippen molar-refractivity contribution in [2.24, 2.45) is 0 Å². The van der Waals surface area contributed by atoms with Crippen molar-refractivity contribution in [1.29, 1.82) is 0 Å². The summed E-state index contributed by atoms with van der Waals surface area (Å²) in [5.74, 6) is -0.376. The number of rotatable bonds is 3. The van der Waals surface area contributed by atoms with Crippen LogP contribution in [0.1, 0.15) is 24.8 Å². The number of hydrogen-bond acceptors (Lipinski definition) is 3. The molecule has 2 heterocycles. The van der Waals surface area contributed by atoms with Gasteiger partial charge in [-0.05, 0) is 49.1 Å². The van der Waals surface area contributed by atoms with Gasteiger partial charge in [0, 0.05) is 31.9 Å². The van der Waals surface area contributed by atoms with Crippen LogP contribution in [0, 0.1) is 5.82 Å². The van der Waals surface area contributed by atoms with E-state index in [1.807, 2.05) is 35.2 Å². The number of ether oxygens (including phenoxy) is 1. The van der Waals surface area contributed by atoms with Crippen molar-refractivity contribution in [2.45, 2.75) is 31.4 Å². The zero-order valence-corrected chi connectivity index (χ0v) is 16.5. The van der Waals surface area contributed by atoms with E-state index in [9.17, 15) is 9.18 Å². The molecule has 6 heteroatoms. The average Bonchev–Trinajstić information content (AvgIpc) is 2.85. The molecule has 2 aromatic rings. The molecule has 4 nitrogen and oxygen atoms in total. The lowest BCUT2D eigenvalue weighted by molar-refractivity contribution is -0.158. The Kier molecular flexibility index (Phi) is 5.67. The molecular formula is C22H24ClFN2O2. The fraction of sp³-hybridized carbons (Fsp3) is 0.409. The molecule has 28 heavy (non-hydrogen) atoms. The number of para-hydroxylation sites is 1. The summed E-state index contributed by atoms with van der Waals surface area (Å²) in [7, 11) is 0. The topological polar surface area (TPSA) is 32.8 Å². The van der Waals surface area contributed by atoms with Crippen LogP contribution in [0.5, 0.6) is 0 Å². The molecular weight excluding hydrogens is 379 g/mol. The van der Waals surface area contributed by atoms with Gasteiger partial charge >= 0.3 is 0 Å². The highest BCUT2D eigenvalue weighted by molar-refractivity contribution is 6.30. The van der Waals surface area contributed by atoms with Gasteiger partial charge in [-0.1, -0.05) is 35.9 Å². The van der Waals surface area contributed by atoms with Crippen LogP contribution in [0.25, 0.3) is 0 Å². The van der Waals surface area contributed by atoms with Crippen molar-refractivity contribution in [3.8, 4) is 0 Å². The van der Waals surface area contributed by atoms with Crippen molar-refractivity contribution in [1.82, 2.24) is 4.90 Å². The van der Waals surface area contributed by atoms with Crippen molar-refractivity contribution in [3.05, 3.63) is 64.9 Å². The first-order chi connectivity index (χ1) is 13.6. The predicted molar refractivity (Wildman–Crippen MR) is 108 cm³/mol. The van der Waals surface area contributed by atoms with E-state index in [4.69, 9.17) is 16.3 Å². The number of halogens is 2. The van der Waals surface area contributed by atoms with Gasteiger partial charge in [0.25, 0.3) is 5.91 Å². The van der Waals surface area contributed by atoms with Crippen LogP contribution in [0.3, 0.4) is 0 Å². The number of amides is 1. The molecule has 0 aromatic heterocycles. The van der Waals surface area contributed by atoms with Gasteiger partial charge in [-0.25, -0.2) is 4.39 Å². The Labute approximate surface area is 169 Å². The molecule has 148 valence electrons. The van der Waals surface area contributed by atoms with Gasteiger partial charge in [0.15, 0.2) is 5.60 Å². The molecule has 2 fully saturated rings. The van der Waals surface area contributed by atoms with Gasteiger partial charge < -0.3 is 9.64 Å². The monoisotopic (exact) mass is 402 g/mol. The Morgan fingerprint density at radius 3 is 2.71 bits per heavy atom. The molecule has 1 amide bonds. The molecule has 2 aliphatic rings. The molecule has 0 radical (unpaired) electrons. The fourth-order valence-electron chi connectivity index (χ4n) is 4.16. The smallest absolute Gasteiger partial charge is 0.260 e. The largest absolute Gasteiger partial charge is 0.362 e. The molecule has 0 saturated carbocycles. The van der Waals surface area contributed by atoms with Crippen LogP contribution in [0.4, 0.5) is 10.1 Å². The van der Waals surface area contributed by atoms with Gasteiger partial charge in [0.1, 0.15) is 5.82 Å². The number of carbonyl (C=O) groups excluding carboxylic acids is 1. The SMILES string of the molecule is O=C1N(c2ccccc2)CCCCC12CN(Cc1ccc(F)c(Cl)c1)CCO2. The number of carbonyl (C=O) groups is 1.